The van der Waals surface area contributed by atoms with Crippen molar-refractivity contribution < 1.29 is 5.11 Å². The maximum Gasteiger partial charge on any atom is 0.127 e. The lowest BCUT2D eigenvalue weighted by Crippen LogP contribution is -2.43. The van der Waals surface area contributed by atoms with E-state index in [2.05, 4.69) is 11.4 Å². The van der Waals surface area contributed by atoms with E-state index in [4.69, 9.17) is 0 Å². The summed E-state index contributed by atoms with van der Waals surface area (Å²) < 4.78 is 0. The minimum atomic E-state index is -0.907. The van der Waals surface area contributed by atoms with Crippen LogP contribution in [0, 0.1) is 0 Å². The molecule has 86 valence electrons. The zero-order chi connectivity index (χ0) is 11.7. The normalized spacial score (nSPS) is 23.1. The summed E-state index contributed by atoms with van der Waals surface area (Å²) in [5, 5.41) is 14.2. The van der Waals surface area contributed by atoms with Crippen LogP contribution < -0.4 is 5.32 Å². The molecule has 0 bridgehead atoms. The first-order valence-electron chi connectivity index (χ1n) is 5.88. The number of fused-ring (bicyclic) bond motifs is 1. The highest BCUT2D eigenvalue weighted by Crippen LogP contribution is 2.33. The standard InChI is InChI=1S/C15H15NO/c17-15(13-7-2-1-3-8-13)11-16-10-12-6-4-5-9-14(12)15/h1-9,16-17H,10-11H2/t15-/m1/s1. The molecule has 2 nitrogen and oxygen atoms in total. The largest absolute Gasteiger partial charge is 0.379 e. The fourth-order valence-corrected chi connectivity index (χ4v) is 2.52. The first-order valence-corrected chi connectivity index (χ1v) is 5.88. The second kappa shape index (κ2) is 3.99. The molecule has 0 aromatic heterocycles. The molecule has 2 aromatic carbocycles. The number of benzene rings is 2. The predicted molar refractivity (Wildman–Crippen MR) is 67.6 cm³/mol. The molecule has 0 fully saturated rings. The van der Waals surface area contributed by atoms with Crippen molar-refractivity contribution in [3.8, 4) is 0 Å². The van der Waals surface area contributed by atoms with Crippen molar-refractivity contribution in [3.63, 3.8) is 0 Å². The second-order valence-corrected chi connectivity index (χ2v) is 4.49. The van der Waals surface area contributed by atoms with E-state index in [0.717, 1.165) is 17.7 Å². The van der Waals surface area contributed by atoms with Crippen molar-refractivity contribution in [1.82, 2.24) is 5.32 Å². The number of β-amino-alcohol motifs (C(OH)–C–C–N with tert-alkyl or cyclic N) is 1. The van der Waals surface area contributed by atoms with Gasteiger partial charge in [0.15, 0.2) is 0 Å². The van der Waals surface area contributed by atoms with Gasteiger partial charge in [0.05, 0.1) is 0 Å². The Labute approximate surface area is 101 Å². The molecule has 0 unspecified atom stereocenters. The Morgan fingerprint density at radius 1 is 0.941 bits per heavy atom. The van der Waals surface area contributed by atoms with Crippen LogP contribution in [0.2, 0.25) is 0 Å². The van der Waals surface area contributed by atoms with E-state index in [1.807, 2.05) is 48.5 Å². The van der Waals surface area contributed by atoms with Crippen LogP contribution in [0.15, 0.2) is 54.6 Å². The molecule has 2 aromatic rings. The van der Waals surface area contributed by atoms with E-state index in [0.29, 0.717) is 6.54 Å². The van der Waals surface area contributed by atoms with E-state index >= 15 is 0 Å². The molecule has 2 N–H and O–H groups in total. The molecule has 0 spiro atoms. The Kier molecular flexibility index (Phi) is 2.46. The SMILES string of the molecule is O[C@@]1(c2ccccc2)CNCc2ccccc21. The highest BCUT2D eigenvalue weighted by atomic mass is 16.3. The van der Waals surface area contributed by atoms with E-state index in [1.54, 1.807) is 0 Å². The lowest BCUT2D eigenvalue weighted by atomic mass is 9.81. The molecule has 1 aliphatic rings. The van der Waals surface area contributed by atoms with E-state index < -0.39 is 5.60 Å². The monoisotopic (exact) mass is 225 g/mol. The summed E-state index contributed by atoms with van der Waals surface area (Å²) in [6, 6.07) is 17.9. The highest BCUT2D eigenvalue weighted by Gasteiger charge is 2.35. The number of nitrogens with one attached hydrogen (secondary N) is 1. The molecule has 1 atom stereocenters. The average molecular weight is 225 g/mol. The summed E-state index contributed by atoms with van der Waals surface area (Å²) >= 11 is 0. The van der Waals surface area contributed by atoms with Crippen molar-refractivity contribution in [1.29, 1.82) is 0 Å². The number of hydrogen-bond donors (Lipinski definition) is 2. The van der Waals surface area contributed by atoms with Crippen molar-refractivity contribution in [2.24, 2.45) is 0 Å². The maximum absolute atomic E-state index is 10.9. The number of rotatable bonds is 1. The van der Waals surface area contributed by atoms with Gasteiger partial charge in [0.1, 0.15) is 5.60 Å². The molecule has 17 heavy (non-hydrogen) atoms. The van der Waals surface area contributed by atoms with Crippen molar-refractivity contribution in [2.45, 2.75) is 12.1 Å². The van der Waals surface area contributed by atoms with Crippen molar-refractivity contribution in [3.05, 3.63) is 71.3 Å². The Hall–Kier alpha value is -1.64. The summed E-state index contributed by atoms with van der Waals surface area (Å²) in [6.45, 7) is 1.39. The van der Waals surface area contributed by atoms with Crippen LogP contribution in [0.5, 0.6) is 0 Å². The van der Waals surface area contributed by atoms with Crippen LogP contribution >= 0.6 is 0 Å². The Morgan fingerprint density at radius 3 is 2.47 bits per heavy atom. The maximum atomic E-state index is 10.9. The summed E-state index contributed by atoms with van der Waals surface area (Å²) in [4.78, 5) is 0. The van der Waals surface area contributed by atoms with Gasteiger partial charge in [-0.05, 0) is 16.7 Å². The van der Waals surface area contributed by atoms with Crippen LogP contribution in [0.3, 0.4) is 0 Å². The summed E-state index contributed by atoms with van der Waals surface area (Å²) in [6.07, 6.45) is 0. The summed E-state index contributed by atoms with van der Waals surface area (Å²) in [7, 11) is 0. The lowest BCUT2D eigenvalue weighted by molar-refractivity contribution is 0.0715. The molecule has 3 rings (SSSR count). The molecular weight excluding hydrogens is 210 g/mol. The van der Waals surface area contributed by atoms with Crippen LogP contribution in [0.1, 0.15) is 16.7 Å². The second-order valence-electron chi connectivity index (χ2n) is 4.49. The predicted octanol–water partition coefficient (Wildman–Crippen LogP) is 2.03. The fraction of sp³-hybridized carbons (Fsp3) is 0.200. The van der Waals surface area contributed by atoms with Gasteiger partial charge >= 0.3 is 0 Å². The Bertz CT molecular complexity index is 523. The fourth-order valence-electron chi connectivity index (χ4n) is 2.52. The molecule has 0 saturated heterocycles. The van der Waals surface area contributed by atoms with Gasteiger partial charge in [-0.25, -0.2) is 0 Å². The first kappa shape index (κ1) is 10.5. The zero-order valence-electron chi connectivity index (χ0n) is 9.56. The van der Waals surface area contributed by atoms with Crippen LogP contribution in [-0.4, -0.2) is 11.7 Å². The third-order valence-corrected chi connectivity index (χ3v) is 3.41. The van der Waals surface area contributed by atoms with Crippen molar-refractivity contribution in [2.75, 3.05) is 6.54 Å². The topological polar surface area (TPSA) is 32.3 Å². The van der Waals surface area contributed by atoms with E-state index in [9.17, 15) is 5.11 Å². The Morgan fingerprint density at radius 2 is 1.65 bits per heavy atom. The molecule has 0 radical (unpaired) electrons. The third kappa shape index (κ3) is 1.66. The van der Waals surface area contributed by atoms with Crippen LogP contribution in [-0.2, 0) is 12.1 Å². The van der Waals surface area contributed by atoms with Gasteiger partial charge in [-0.1, -0.05) is 54.6 Å². The molecule has 0 amide bonds. The molecule has 2 heteroatoms. The number of aliphatic hydroxyl groups is 1. The smallest absolute Gasteiger partial charge is 0.127 e. The van der Waals surface area contributed by atoms with Gasteiger partial charge in [-0.15, -0.1) is 0 Å². The van der Waals surface area contributed by atoms with E-state index in [-0.39, 0.29) is 0 Å². The van der Waals surface area contributed by atoms with Gasteiger partial charge in [0.2, 0.25) is 0 Å². The minimum Gasteiger partial charge on any atom is -0.379 e. The summed E-state index contributed by atoms with van der Waals surface area (Å²) in [5.41, 5.74) is 2.23. The van der Waals surface area contributed by atoms with Gasteiger partial charge in [-0.3, -0.25) is 0 Å². The van der Waals surface area contributed by atoms with Crippen LogP contribution in [0.4, 0.5) is 0 Å². The Balaban J connectivity index is 2.16. The van der Waals surface area contributed by atoms with E-state index in [1.165, 1.54) is 5.56 Å². The van der Waals surface area contributed by atoms with Gasteiger partial charge in [-0.2, -0.15) is 0 Å². The van der Waals surface area contributed by atoms with Gasteiger partial charge in [0, 0.05) is 13.1 Å². The lowest BCUT2D eigenvalue weighted by Gasteiger charge is -2.35. The highest BCUT2D eigenvalue weighted by molar-refractivity contribution is 5.43. The quantitative estimate of drug-likeness (QED) is 0.778. The summed E-state index contributed by atoms with van der Waals surface area (Å²) in [5.74, 6) is 0. The molecule has 0 aliphatic carbocycles. The average Bonchev–Trinajstić information content (AvgIpc) is 2.40. The van der Waals surface area contributed by atoms with Gasteiger partial charge in [0.25, 0.3) is 0 Å². The molecular formula is C15H15NO. The van der Waals surface area contributed by atoms with Gasteiger partial charge < -0.3 is 10.4 Å². The number of hydrogen-bond acceptors (Lipinski definition) is 2. The van der Waals surface area contributed by atoms with Crippen LogP contribution in [0.25, 0.3) is 0 Å². The first-order chi connectivity index (χ1) is 8.31. The molecule has 1 heterocycles. The van der Waals surface area contributed by atoms with Crippen molar-refractivity contribution >= 4 is 0 Å². The minimum absolute atomic E-state index is 0.564. The zero-order valence-corrected chi connectivity index (χ0v) is 9.56. The molecule has 0 saturated carbocycles. The molecule has 1 aliphatic heterocycles. The third-order valence-electron chi connectivity index (χ3n) is 3.41.